The molecular formula is C38H64N6O5. The highest BCUT2D eigenvalue weighted by atomic mass is 16.5. The number of hydrogen-bond acceptors (Lipinski definition) is 9. The van der Waals surface area contributed by atoms with Crippen molar-refractivity contribution in [2.45, 2.75) is 118 Å². The molecular weight excluding hydrogens is 620 g/mol. The van der Waals surface area contributed by atoms with Gasteiger partial charge in [-0.15, -0.1) is 5.10 Å². The van der Waals surface area contributed by atoms with Gasteiger partial charge in [-0.3, -0.25) is 4.79 Å². The second-order valence-corrected chi connectivity index (χ2v) is 18.4. The Hall–Kier alpha value is -2.08. The molecule has 4 N–H and O–H groups in total. The lowest BCUT2D eigenvalue weighted by Gasteiger charge is -2.71. The third-order valence-electron chi connectivity index (χ3n) is 15.9. The number of nitrogens with zero attached hydrogens (tertiary/aromatic N) is 4. The number of carboxylic acid groups (broad SMARTS) is 1. The highest BCUT2D eigenvalue weighted by molar-refractivity contribution is 5.73. The Morgan fingerprint density at radius 2 is 1.92 bits per heavy atom. The Morgan fingerprint density at radius 1 is 1.18 bits per heavy atom. The molecule has 1 aliphatic heterocycles. The molecule has 3 saturated carbocycles. The number of likely N-dealkylation sites (N-methyl/N-ethyl adjacent to an activating group) is 1. The van der Waals surface area contributed by atoms with E-state index in [9.17, 15) is 9.90 Å². The fourth-order valence-corrected chi connectivity index (χ4v) is 12.4. The van der Waals surface area contributed by atoms with Crippen LogP contribution in [0.15, 0.2) is 11.6 Å². The van der Waals surface area contributed by atoms with Gasteiger partial charge >= 0.3 is 5.97 Å². The summed E-state index contributed by atoms with van der Waals surface area (Å²) >= 11 is 0. The summed E-state index contributed by atoms with van der Waals surface area (Å²) in [5.74, 6) is 0.454. The van der Waals surface area contributed by atoms with Crippen molar-refractivity contribution in [3.05, 3.63) is 11.6 Å². The first kappa shape index (κ1) is 36.7. The Balaban J connectivity index is 1.42. The second kappa shape index (κ2) is 12.6. The van der Waals surface area contributed by atoms with Gasteiger partial charge in [0.2, 0.25) is 0 Å². The van der Waals surface area contributed by atoms with Gasteiger partial charge in [-0.05, 0) is 104 Å². The molecule has 6 rings (SSSR count). The molecule has 1 saturated heterocycles. The minimum Gasteiger partial charge on any atom is -0.481 e. The molecule has 0 aromatic carbocycles. The average Bonchev–Trinajstić information content (AvgIpc) is 3.48. The number of anilines is 1. The van der Waals surface area contributed by atoms with Crippen molar-refractivity contribution in [1.29, 1.82) is 0 Å². The van der Waals surface area contributed by atoms with E-state index >= 15 is 0 Å². The zero-order valence-corrected chi connectivity index (χ0v) is 31.8. The summed E-state index contributed by atoms with van der Waals surface area (Å²) in [6.07, 6.45) is 8.66. The number of carbonyl (C=O) groups is 1. The molecule has 12 atom stereocenters. The summed E-state index contributed by atoms with van der Waals surface area (Å²) in [7, 11) is 3.71. The van der Waals surface area contributed by atoms with Gasteiger partial charge in [-0.1, -0.05) is 65.2 Å². The number of methoxy groups -OCH3 is 1. The van der Waals surface area contributed by atoms with E-state index in [1.807, 2.05) is 7.05 Å². The van der Waals surface area contributed by atoms with Crippen LogP contribution >= 0.6 is 0 Å². The Kier molecular flexibility index (Phi) is 9.40. The quantitative estimate of drug-likeness (QED) is 0.245. The molecule has 0 amide bonds. The topological polar surface area (TPSA) is 147 Å². The number of hydrogen-bond donors (Lipinski definition) is 3. The van der Waals surface area contributed by atoms with E-state index in [1.54, 1.807) is 11.9 Å². The number of tetrazole rings is 1. The van der Waals surface area contributed by atoms with Gasteiger partial charge in [0.25, 0.3) is 5.95 Å². The highest BCUT2D eigenvalue weighted by Crippen LogP contribution is 2.75. The molecule has 4 fully saturated rings. The van der Waals surface area contributed by atoms with Gasteiger partial charge in [-0.25, -0.2) is 0 Å². The summed E-state index contributed by atoms with van der Waals surface area (Å²) in [4.78, 5) is 15.2. The van der Waals surface area contributed by atoms with Gasteiger partial charge in [-0.2, -0.15) is 4.80 Å². The molecule has 11 nitrogen and oxygen atoms in total. The minimum absolute atomic E-state index is 0.154. The van der Waals surface area contributed by atoms with Crippen LogP contribution in [0.2, 0.25) is 0 Å². The van der Waals surface area contributed by atoms with Gasteiger partial charge in [0, 0.05) is 30.1 Å². The van der Waals surface area contributed by atoms with Gasteiger partial charge in [0.1, 0.15) is 6.04 Å². The zero-order valence-electron chi connectivity index (χ0n) is 31.8. The van der Waals surface area contributed by atoms with Crippen LogP contribution in [0.5, 0.6) is 0 Å². The Morgan fingerprint density at radius 3 is 2.53 bits per heavy atom. The van der Waals surface area contributed by atoms with Crippen LogP contribution in [0.1, 0.15) is 106 Å². The SMILES string of the molecule is CNC(C)(CCOC)CO[C@H]1[C@H](n2nnc(N)n2)C[C@@]23COC[C@]1(C)[C@@H]2CC[C@H]1C3=CC[C@@]2(C)[C@H](C(=O)O)[C@@](C)([C@H](C)C(C)C)CC[C@]12C. The normalized spacial score (nSPS) is 43.5. The molecule has 1 aromatic rings. The van der Waals surface area contributed by atoms with Crippen LogP contribution in [0.3, 0.4) is 0 Å². The van der Waals surface area contributed by atoms with Crippen LogP contribution in [-0.4, -0.2) is 83.5 Å². The molecule has 1 aromatic heterocycles. The maximum absolute atomic E-state index is 13.5. The van der Waals surface area contributed by atoms with Crippen LogP contribution in [0.4, 0.5) is 5.95 Å². The first-order valence-corrected chi connectivity index (χ1v) is 18.8. The molecule has 4 aliphatic carbocycles. The molecule has 2 bridgehead atoms. The lowest BCUT2D eigenvalue weighted by atomic mass is 9.34. The molecule has 0 spiro atoms. The summed E-state index contributed by atoms with van der Waals surface area (Å²) in [6.45, 7) is 20.7. The van der Waals surface area contributed by atoms with Gasteiger partial charge < -0.3 is 30.4 Å². The highest BCUT2D eigenvalue weighted by Gasteiger charge is 2.72. The molecule has 1 unspecified atom stereocenters. The number of nitrogens with one attached hydrogen (secondary N) is 1. The molecule has 2 heterocycles. The number of nitrogens with two attached hydrogens (primary N) is 1. The van der Waals surface area contributed by atoms with Crippen molar-refractivity contribution in [1.82, 2.24) is 25.5 Å². The van der Waals surface area contributed by atoms with Crippen molar-refractivity contribution >= 4 is 11.9 Å². The van der Waals surface area contributed by atoms with E-state index in [0.29, 0.717) is 44.2 Å². The number of fused-ring (bicyclic) bond motifs is 3. The Labute approximate surface area is 293 Å². The van der Waals surface area contributed by atoms with E-state index in [0.717, 1.165) is 44.9 Å². The van der Waals surface area contributed by atoms with Crippen LogP contribution in [0, 0.1) is 56.7 Å². The number of allylic oxidation sites excluding steroid dienone is 1. The third-order valence-corrected chi connectivity index (χ3v) is 15.9. The maximum Gasteiger partial charge on any atom is 0.307 e. The fourth-order valence-electron chi connectivity index (χ4n) is 12.4. The first-order chi connectivity index (χ1) is 23.0. The second-order valence-electron chi connectivity index (χ2n) is 18.4. The number of aliphatic carboxylic acids is 1. The molecule has 0 radical (unpaired) electrons. The maximum atomic E-state index is 13.5. The smallest absolute Gasteiger partial charge is 0.307 e. The fraction of sp³-hybridized carbons (Fsp3) is 0.895. The van der Waals surface area contributed by atoms with Crippen LogP contribution in [0.25, 0.3) is 0 Å². The van der Waals surface area contributed by atoms with E-state index in [2.05, 4.69) is 82.2 Å². The van der Waals surface area contributed by atoms with Crippen molar-refractivity contribution < 1.29 is 24.1 Å². The van der Waals surface area contributed by atoms with E-state index in [4.69, 9.17) is 19.9 Å². The van der Waals surface area contributed by atoms with Gasteiger partial charge in [0.05, 0.1) is 31.8 Å². The summed E-state index contributed by atoms with van der Waals surface area (Å²) < 4.78 is 19.2. The average molecular weight is 685 g/mol. The largest absolute Gasteiger partial charge is 0.481 e. The van der Waals surface area contributed by atoms with E-state index < -0.39 is 11.9 Å². The number of carboxylic acids is 1. The number of rotatable bonds is 11. The number of nitrogen functional groups attached to an aromatic ring is 1. The lowest BCUT2D eigenvalue weighted by Crippen LogP contribution is -2.69. The van der Waals surface area contributed by atoms with Crippen molar-refractivity contribution in [2.75, 3.05) is 46.3 Å². The van der Waals surface area contributed by atoms with Crippen molar-refractivity contribution in [3.63, 3.8) is 0 Å². The molecule has 276 valence electrons. The van der Waals surface area contributed by atoms with Gasteiger partial charge in [0.15, 0.2) is 0 Å². The summed E-state index contributed by atoms with van der Waals surface area (Å²) in [6, 6.07) is -0.187. The number of ether oxygens (including phenoxy) is 3. The lowest BCUT2D eigenvalue weighted by molar-refractivity contribution is -0.254. The molecule has 5 aliphatic rings. The zero-order chi connectivity index (χ0) is 35.8. The summed E-state index contributed by atoms with van der Waals surface area (Å²) in [5.41, 5.74) is 5.95. The minimum atomic E-state index is -0.632. The number of aromatic nitrogens is 4. The van der Waals surface area contributed by atoms with Crippen molar-refractivity contribution in [2.24, 2.45) is 56.7 Å². The van der Waals surface area contributed by atoms with E-state index in [1.165, 1.54) is 5.57 Å². The monoisotopic (exact) mass is 684 g/mol. The predicted molar refractivity (Wildman–Crippen MR) is 189 cm³/mol. The molecule has 49 heavy (non-hydrogen) atoms. The van der Waals surface area contributed by atoms with Crippen molar-refractivity contribution in [3.8, 4) is 0 Å². The van der Waals surface area contributed by atoms with E-state index in [-0.39, 0.29) is 56.6 Å². The first-order valence-electron chi connectivity index (χ1n) is 18.8. The van der Waals surface area contributed by atoms with Crippen LogP contribution < -0.4 is 11.1 Å². The standard InChI is InChI=1S/C38H64N6O5/c1-23(2)24(3)34(5)15-16-36(7)25-11-12-28-35(6)21-48-22-38(28,26(25)13-14-37(36,8)29(34)31(45)46)19-27(44-42-32(39)41-43-44)30(35)49-20-33(4,40-9)17-18-47-10/h13,23-25,27-30,40H,11-12,14-22H2,1-10H3,(H2,39,42)(H,45,46)/t24-,25+,27-,28+,29-,30+,33?,34-,35-,36-,37+,38+/m1/s1. The molecule has 11 heteroatoms. The Bertz CT molecular complexity index is 1430. The van der Waals surface area contributed by atoms with Crippen LogP contribution in [-0.2, 0) is 19.0 Å². The summed E-state index contributed by atoms with van der Waals surface area (Å²) in [5, 5.41) is 27.7. The third kappa shape index (κ3) is 5.33. The predicted octanol–water partition coefficient (Wildman–Crippen LogP) is 5.78.